The Morgan fingerprint density at radius 2 is 1.46 bits per heavy atom. The summed E-state index contributed by atoms with van der Waals surface area (Å²) in [4.78, 5) is 56.4. The molecule has 1 atom stereocenters. The number of nitro benzene ring substituents is 1. The lowest BCUT2D eigenvalue weighted by Crippen LogP contribution is -2.44. The number of hydroxylamine groups is 1. The molecule has 0 aromatic heterocycles. The molecular formula is C35H36N4O7. The Labute approximate surface area is 266 Å². The second-order valence-electron chi connectivity index (χ2n) is 11.6. The second kappa shape index (κ2) is 13.8. The highest BCUT2D eigenvalue weighted by Gasteiger charge is 2.39. The number of likely N-dealkylation sites (tertiary alicyclic amines) is 1. The summed E-state index contributed by atoms with van der Waals surface area (Å²) in [5.41, 5.74) is 5.38. The molecular weight excluding hydrogens is 588 g/mol. The minimum atomic E-state index is -1.26. The molecule has 2 heterocycles. The Hall–Kier alpha value is -5.29. The minimum Gasteiger partial charge on any atom is -0.478 e. The summed E-state index contributed by atoms with van der Waals surface area (Å²) in [7, 11) is 0. The van der Waals surface area contributed by atoms with E-state index >= 15 is 0 Å². The van der Waals surface area contributed by atoms with Crippen molar-refractivity contribution < 1.29 is 29.3 Å². The van der Waals surface area contributed by atoms with E-state index in [0.717, 1.165) is 25.9 Å². The van der Waals surface area contributed by atoms with Crippen LogP contribution in [-0.2, 0) is 24.6 Å². The van der Waals surface area contributed by atoms with Gasteiger partial charge in [-0.05, 0) is 56.5 Å². The highest BCUT2D eigenvalue weighted by atomic mass is 16.7. The smallest absolute Gasteiger partial charge is 0.361 e. The molecule has 1 unspecified atom stereocenters. The highest BCUT2D eigenvalue weighted by Crippen LogP contribution is 2.42. The number of nitrogens with zero attached hydrogens (tertiary/aromatic N) is 2. The third kappa shape index (κ3) is 6.69. The van der Waals surface area contributed by atoms with Crippen molar-refractivity contribution in [3.8, 4) is 0 Å². The van der Waals surface area contributed by atoms with Crippen molar-refractivity contribution in [2.45, 2.75) is 44.4 Å². The van der Waals surface area contributed by atoms with E-state index in [0.29, 0.717) is 23.5 Å². The molecule has 3 N–H and O–H groups in total. The Bertz CT molecular complexity index is 1640. The van der Waals surface area contributed by atoms with Crippen LogP contribution >= 0.6 is 0 Å². The lowest BCUT2D eigenvalue weighted by atomic mass is 9.68. The summed E-state index contributed by atoms with van der Waals surface area (Å²) in [6.45, 7) is 5.22. The quantitative estimate of drug-likeness (QED) is 0.222. The summed E-state index contributed by atoms with van der Waals surface area (Å²) in [5, 5.41) is 24.0. The van der Waals surface area contributed by atoms with Crippen LogP contribution < -0.4 is 10.8 Å². The molecule has 3 aromatic rings. The van der Waals surface area contributed by atoms with Gasteiger partial charge in [0.1, 0.15) is 0 Å². The summed E-state index contributed by atoms with van der Waals surface area (Å²) >= 11 is 0. The van der Waals surface area contributed by atoms with E-state index < -0.39 is 28.7 Å². The van der Waals surface area contributed by atoms with Crippen molar-refractivity contribution in [2.24, 2.45) is 0 Å². The fraction of sp³-hybridized carbons (Fsp3) is 0.286. The van der Waals surface area contributed by atoms with Gasteiger partial charge in [-0.15, -0.1) is 0 Å². The minimum absolute atomic E-state index is 0.0219. The Morgan fingerprint density at radius 1 is 0.913 bits per heavy atom. The molecule has 1 fully saturated rings. The van der Waals surface area contributed by atoms with Crippen molar-refractivity contribution in [3.05, 3.63) is 134 Å². The first-order valence-corrected chi connectivity index (χ1v) is 15.1. The molecule has 11 heteroatoms. The molecule has 2 aliphatic heterocycles. The van der Waals surface area contributed by atoms with Gasteiger partial charge in [0, 0.05) is 41.9 Å². The second-order valence-corrected chi connectivity index (χ2v) is 11.6. The number of carbonyl (C=O) groups excluding carboxylic acids is 2. The molecule has 1 saturated heterocycles. The zero-order chi connectivity index (χ0) is 32.8. The van der Waals surface area contributed by atoms with Crippen LogP contribution in [0.5, 0.6) is 0 Å². The maximum Gasteiger partial charge on any atom is 0.361 e. The van der Waals surface area contributed by atoms with Crippen LogP contribution in [0.25, 0.3) is 0 Å². The first-order chi connectivity index (χ1) is 22.1. The number of carboxylic acids is 1. The number of carbonyl (C=O) groups is 3. The van der Waals surface area contributed by atoms with Gasteiger partial charge in [0.15, 0.2) is 0 Å². The predicted octanol–water partition coefficient (Wildman–Crippen LogP) is 4.96. The standard InChI is InChI=1S/C35H36N4O7/c1-23-30(33(41)42)32(25-13-15-28(16-14-25)39(44)45)31(24(2)36-23)34(43)46-37-29(40)17-20-38-21-18-35(19-22-38,26-9-5-3-6-10-26)27-11-7-4-8-12-27/h3-16,32,36H,17-22H2,1-2H3,(H,37,40)(H,41,42). The van der Waals surface area contributed by atoms with Gasteiger partial charge in [0.05, 0.1) is 22.0 Å². The first kappa shape index (κ1) is 32.1. The molecule has 11 nitrogen and oxygen atoms in total. The molecule has 46 heavy (non-hydrogen) atoms. The number of non-ortho nitro benzene ring substituents is 1. The molecule has 0 saturated carbocycles. The maximum absolute atomic E-state index is 13.3. The molecule has 0 spiro atoms. The van der Waals surface area contributed by atoms with Crippen LogP contribution in [0.1, 0.15) is 55.7 Å². The molecule has 238 valence electrons. The lowest BCUT2D eigenvalue weighted by Gasteiger charge is -2.43. The number of piperidine rings is 1. The van der Waals surface area contributed by atoms with Gasteiger partial charge in [-0.1, -0.05) is 72.8 Å². The number of benzene rings is 3. The van der Waals surface area contributed by atoms with Gasteiger partial charge in [-0.25, -0.2) is 9.59 Å². The van der Waals surface area contributed by atoms with Crippen LogP contribution in [0, 0.1) is 10.1 Å². The van der Waals surface area contributed by atoms with Crippen LogP contribution in [0.2, 0.25) is 0 Å². The Kier molecular flexibility index (Phi) is 9.62. The fourth-order valence-electron chi connectivity index (χ4n) is 6.56. The van der Waals surface area contributed by atoms with E-state index in [1.54, 1.807) is 13.8 Å². The molecule has 0 radical (unpaired) electrons. The van der Waals surface area contributed by atoms with E-state index in [1.807, 2.05) is 12.1 Å². The van der Waals surface area contributed by atoms with Crippen molar-refractivity contribution in [1.82, 2.24) is 15.7 Å². The number of rotatable bonds is 9. The fourth-order valence-corrected chi connectivity index (χ4v) is 6.56. The van der Waals surface area contributed by atoms with Crippen molar-refractivity contribution in [1.29, 1.82) is 0 Å². The number of nitrogens with one attached hydrogen (secondary N) is 2. The summed E-state index contributed by atoms with van der Waals surface area (Å²) in [6.07, 6.45) is 1.88. The predicted molar refractivity (Wildman–Crippen MR) is 170 cm³/mol. The third-order valence-corrected chi connectivity index (χ3v) is 8.92. The third-order valence-electron chi connectivity index (χ3n) is 8.92. The molecule has 0 bridgehead atoms. The summed E-state index contributed by atoms with van der Waals surface area (Å²) in [5.74, 6) is -3.76. The number of dihydropyridines is 1. The van der Waals surface area contributed by atoms with Crippen molar-refractivity contribution >= 4 is 23.5 Å². The largest absolute Gasteiger partial charge is 0.478 e. The van der Waals surface area contributed by atoms with Crippen LogP contribution in [0.4, 0.5) is 5.69 Å². The number of hydrogen-bond donors (Lipinski definition) is 3. The van der Waals surface area contributed by atoms with E-state index in [4.69, 9.17) is 4.84 Å². The molecule has 0 aliphatic carbocycles. The molecule has 3 aromatic carbocycles. The summed E-state index contributed by atoms with van der Waals surface area (Å²) < 4.78 is 0. The number of aliphatic carboxylic acids is 1. The van der Waals surface area contributed by atoms with Gasteiger partial charge in [-0.3, -0.25) is 14.9 Å². The van der Waals surface area contributed by atoms with Crippen molar-refractivity contribution in [2.75, 3.05) is 19.6 Å². The average Bonchev–Trinajstić information content (AvgIpc) is 3.06. The topological polar surface area (TPSA) is 151 Å². The average molecular weight is 625 g/mol. The van der Waals surface area contributed by atoms with Gasteiger partial charge >= 0.3 is 11.9 Å². The van der Waals surface area contributed by atoms with Crippen LogP contribution in [-0.4, -0.2) is 52.4 Å². The first-order valence-electron chi connectivity index (χ1n) is 15.1. The molecule has 2 aliphatic rings. The Morgan fingerprint density at radius 3 is 1.98 bits per heavy atom. The maximum atomic E-state index is 13.3. The number of carboxylic acid groups (broad SMARTS) is 1. The number of allylic oxidation sites excluding steroid dienone is 2. The van der Waals surface area contributed by atoms with E-state index in [9.17, 15) is 29.6 Å². The zero-order valence-corrected chi connectivity index (χ0v) is 25.7. The monoisotopic (exact) mass is 624 g/mol. The van der Waals surface area contributed by atoms with Crippen LogP contribution in [0.3, 0.4) is 0 Å². The van der Waals surface area contributed by atoms with E-state index in [2.05, 4.69) is 64.2 Å². The normalized spacial score (nSPS) is 18.0. The molecule has 5 rings (SSSR count). The number of amides is 1. The highest BCUT2D eigenvalue weighted by molar-refractivity contribution is 5.99. The Balaban J connectivity index is 1.21. The van der Waals surface area contributed by atoms with E-state index in [-0.39, 0.29) is 28.7 Å². The SMILES string of the molecule is CC1=C(C(=O)O)C(c2ccc([N+](=O)[O-])cc2)C(C(=O)ONC(=O)CCN2CCC(c3ccccc3)(c3ccccc3)CC2)=C(C)N1. The van der Waals surface area contributed by atoms with Crippen LogP contribution in [0.15, 0.2) is 107 Å². The van der Waals surface area contributed by atoms with Gasteiger partial charge in [0.2, 0.25) is 0 Å². The van der Waals surface area contributed by atoms with Gasteiger partial charge < -0.3 is 20.2 Å². The van der Waals surface area contributed by atoms with Gasteiger partial charge in [-0.2, -0.15) is 5.48 Å². The zero-order valence-electron chi connectivity index (χ0n) is 25.7. The van der Waals surface area contributed by atoms with Crippen molar-refractivity contribution in [3.63, 3.8) is 0 Å². The lowest BCUT2D eigenvalue weighted by molar-refractivity contribution is -0.384. The summed E-state index contributed by atoms with van der Waals surface area (Å²) in [6, 6.07) is 26.3. The van der Waals surface area contributed by atoms with E-state index in [1.165, 1.54) is 35.4 Å². The van der Waals surface area contributed by atoms with Gasteiger partial charge in [0.25, 0.3) is 11.6 Å². The number of hydrogen-bond acceptors (Lipinski definition) is 8. The number of nitro groups is 1. The molecule has 1 amide bonds.